The van der Waals surface area contributed by atoms with E-state index in [0.717, 1.165) is 6.42 Å². The summed E-state index contributed by atoms with van der Waals surface area (Å²) in [6.07, 6.45) is 1.46. The van der Waals surface area contributed by atoms with Crippen LogP contribution in [-0.2, 0) is 4.74 Å². The lowest BCUT2D eigenvalue weighted by molar-refractivity contribution is -0.0248. The lowest BCUT2D eigenvalue weighted by Gasteiger charge is -2.17. The summed E-state index contributed by atoms with van der Waals surface area (Å²) in [5.41, 5.74) is 0. The molecule has 1 rings (SSSR count). The van der Waals surface area contributed by atoms with E-state index in [2.05, 4.69) is 0 Å². The van der Waals surface area contributed by atoms with E-state index >= 15 is 0 Å². The molecule has 1 aromatic heterocycles. The van der Waals surface area contributed by atoms with Gasteiger partial charge in [0.1, 0.15) is 11.9 Å². The van der Waals surface area contributed by atoms with Crippen molar-refractivity contribution in [2.24, 2.45) is 0 Å². The van der Waals surface area contributed by atoms with Crippen molar-refractivity contribution in [1.82, 2.24) is 0 Å². The van der Waals surface area contributed by atoms with Crippen molar-refractivity contribution >= 4 is 0 Å². The Kier molecular flexibility index (Phi) is 3.31. The van der Waals surface area contributed by atoms with Crippen molar-refractivity contribution in [1.29, 1.82) is 0 Å². The normalized spacial score (nSPS) is 15.9. The van der Waals surface area contributed by atoms with E-state index in [0.29, 0.717) is 5.76 Å². The second kappa shape index (κ2) is 4.28. The molecule has 3 heteroatoms. The summed E-state index contributed by atoms with van der Waals surface area (Å²) >= 11 is 0. The van der Waals surface area contributed by atoms with E-state index in [9.17, 15) is 5.11 Å². The lowest BCUT2D eigenvalue weighted by atomic mass is 10.1. The third-order valence-corrected chi connectivity index (χ3v) is 1.89. The number of methoxy groups -OCH3 is 1. The Balaban J connectivity index is 2.63. The first-order valence-corrected chi connectivity index (χ1v) is 4.03. The van der Waals surface area contributed by atoms with Crippen LogP contribution in [0.3, 0.4) is 0 Å². The Labute approximate surface area is 72.0 Å². The maximum atomic E-state index is 9.65. The van der Waals surface area contributed by atoms with Gasteiger partial charge in [-0.25, -0.2) is 0 Å². The van der Waals surface area contributed by atoms with Gasteiger partial charge in [0.2, 0.25) is 0 Å². The van der Waals surface area contributed by atoms with Crippen LogP contribution in [0.4, 0.5) is 0 Å². The molecule has 0 fully saturated rings. The standard InChI is InChI=1S/C9H14O3/c1-3-7(11-2)9(10)8-5-4-6-12-8/h4-7,9-10H,3H2,1-2H3. The molecule has 2 unspecified atom stereocenters. The molecule has 12 heavy (non-hydrogen) atoms. The second-order valence-electron chi connectivity index (χ2n) is 2.64. The molecule has 1 N–H and O–H groups in total. The minimum Gasteiger partial charge on any atom is -0.466 e. The molecule has 0 amide bonds. The van der Waals surface area contributed by atoms with Crippen LogP contribution in [-0.4, -0.2) is 18.3 Å². The minimum atomic E-state index is -0.657. The molecule has 0 bridgehead atoms. The molecule has 0 aromatic carbocycles. The average molecular weight is 170 g/mol. The molecule has 3 nitrogen and oxygen atoms in total. The van der Waals surface area contributed by atoms with Crippen LogP contribution in [0.2, 0.25) is 0 Å². The van der Waals surface area contributed by atoms with Gasteiger partial charge < -0.3 is 14.3 Å². The quantitative estimate of drug-likeness (QED) is 0.748. The molecule has 0 aliphatic carbocycles. The van der Waals surface area contributed by atoms with Crippen molar-refractivity contribution in [2.75, 3.05) is 7.11 Å². The number of hydrogen-bond acceptors (Lipinski definition) is 3. The minimum absolute atomic E-state index is 0.184. The van der Waals surface area contributed by atoms with Crippen molar-refractivity contribution < 1.29 is 14.3 Å². The average Bonchev–Trinajstić information content (AvgIpc) is 2.58. The van der Waals surface area contributed by atoms with Gasteiger partial charge in [-0.1, -0.05) is 6.92 Å². The smallest absolute Gasteiger partial charge is 0.138 e. The fourth-order valence-corrected chi connectivity index (χ4v) is 1.16. The molecule has 0 aliphatic heterocycles. The molecular weight excluding hydrogens is 156 g/mol. The van der Waals surface area contributed by atoms with E-state index in [1.54, 1.807) is 25.5 Å². The summed E-state index contributed by atoms with van der Waals surface area (Å²) in [6.45, 7) is 1.96. The molecule has 2 atom stereocenters. The van der Waals surface area contributed by atoms with E-state index in [4.69, 9.17) is 9.15 Å². The molecule has 0 radical (unpaired) electrons. The number of rotatable bonds is 4. The zero-order valence-electron chi connectivity index (χ0n) is 7.36. The highest BCUT2D eigenvalue weighted by molar-refractivity contribution is 5.03. The van der Waals surface area contributed by atoms with Gasteiger partial charge in [-0.3, -0.25) is 0 Å². The molecule has 0 saturated carbocycles. The van der Waals surface area contributed by atoms with Crippen LogP contribution >= 0.6 is 0 Å². The van der Waals surface area contributed by atoms with Crippen LogP contribution < -0.4 is 0 Å². The third-order valence-electron chi connectivity index (χ3n) is 1.89. The van der Waals surface area contributed by atoms with Crippen LogP contribution in [0, 0.1) is 0 Å². The number of ether oxygens (including phenoxy) is 1. The van der Waals surface area contributed by atoms with E-state index in [-0.39, 0.29) is 6.10 Å². The van der Waals surface area contributed by atoms with Crippen LogP contribution in [0.1, 0.15) is 25.2 Å². The zero-order valence-corrected chi connectivity index (χ0v) is 7.36. The van der Waals surface area contributed by atoms with Crippen molar-refractivity contribution in [3.05, 3.63) is 24.2 Å². The molecule has 1 aromatic rings. The highest BCUT2D eigenvalue weighted by Gasteiger charge is 2.20. The van der Waals surface area contributed by atoms with Crippen molar-refractivity contribution in [3.63, 3.8) is 0 Å². The summed E-state index contributed by atoms with van der Waals surface area (Å²) in [5, 5.41) is 9.65. The molecule has 0 aliphatic rings. The molecule has 0 saturated heterocycles. The summed E-state index contributed by atoms with van der Waals surface area (Å²) in [5.74, 6) is 0.559. The Morgan fingerprint density at radius 2 is 2.42 bits per heavy atom. The maximum absolute atomic E-state index is 9.65. The summed E-state index contributed by atoms with van der Waals surface area (Å²) in [6, 6.07) is 3.49. The van der Waals surface area contributed by atoms with Gasteiger partial charge in [0.25, 0.3) is 0 Å². The first-order valence-electron chi connectivity index (χ1n) is 4.03. The number of aliphatic hydroxyl groups is 1. The Bertz CT molecular complexity index is 202. The largest absolute Gasteiger partial charge is 0.466 e. The lowest BCUT2D eigenvalue weighted by Crippen LogP contribution is -2.19. The maximum Gasteiger partial charge on any atom is 0.138 e. The molecule has 68 valence electrons. The van der Waals surface area contributed by atoms with E-state index < -0.39 is 6.10 Å². The van der Waals surface area contributed by atoms with Crippen molar-refractivity contribution in [3.8, 4) is 0 Å². The van der Waals surface area contributed by atoms with Gasteiger partial charge in [-0.2, -0.15) is 0 Å². The fourth-order valence-electron chi connectivity index (χ4n) is 1.16. The zero-order chi connectivity index (χ0) is 8.97. The topological polar surface area (TPSA) is 42.6 Å². The molecular formula is C9H14O3. The molecule has 1 heterocycles. The van der Waals surface area contributed by atoms with Crippen LogP contribution in [0.15, 0.2) is 22.8 Å². The Morgan fingerprint density at radius 3 is 2.83 bits per heavy atom. The third kappa shape index (κ3) is 1.87. The number of hydrogen-bond donors (Lipinski definition) is 1. The second-order valence-corrected chi connectivity index (χ2v) is 2.64. The van der Waals surface area contributed by atoms with Gasteiger partial charge in [-0.15, -0.1) is 0 Å². The van der Waals surface area contributed by atoms with E-state index in [1.807, 2.05) is 6.92 Å². The van der Waals surface area contributed by atoms with Gasteiger partial charge >= 0.3 is 0 Å². The summed E-state index contributed by atoms with van der Waals surface area (Å²) in [7, 11) is 1.58. The first-order chi connectivity index (χ1) is 5.79. The van der Waals surface area contributed by atoms with Gasteiger partial charge in [0, 0.05) is 7.11 Å². The monoisotopic (exact) mass is 170 g/mol. The van der Waals surface area contributed by atoms with Crippen LogP contribution in [0.25, 0.3) is 0 Å². The van der Waals surface area contributed by atoms with Crippen LogP contribution in [0.5, 0.6) is 0 Å². The van der Waals surface area contributed by atoms with Gasteiger partial charge in [0.15, 0.2) is 0 Å². The summed E-state index contributed by atoms with van der Waals surface area (Å²) < 4.78 is 10.1. The Morgan fingerprint density at radius 1 is 1.67 bits per heavy atom. The van der Waals surface area contributed by atoms with Gasteiger partial charge in [-0.05, 0) is 18.6 Å². The highest BCUT2D eigenvalue weighted by atomic mass is 16.5. The predicted molar refractivity (Wildman–Crippen MR) is 44.8 cm³/mol. The summed E-state index contributed by atoms with van der Waals surface area (Å²) in [4.78, 5) is 0. The fraction of sp³-hybridized carbons (Fsp3) is 0.556. The Hall–Kier alpha value is -0.800. The molecule has 0 spiro atoms. The van der Waals surface area contributed by atoms with Crippen molar-refractivity contribution in [2.45, 2.75) is 25.6 Å². The number of aliphatic hydroxyl groups excluding tert-OH is 1. The first kappa shape index (κ1) is 9.29. The number of furan rings is 1. The predicted octanol–water partition coefficient (Wildman–Crippen LogP) is 1.74. The van der Waals surface area contributed by atoms with Gasteiger partial charge in [0.05, 0.1) is 12.4 Å². The highest BCUT2D eigenvalue weighted by Crippen LogP contribution is 2.20. The SMILES string of the molecule is CCC(OC)C(O)c1ccco1. The van der Waals surface area contributed by atoms with E-state index in [1.165, 1.54) is 0 Å².